The first kappa shape index (κ1) is 21.8. The molecule has 0 saturated carbocycles. The Morgan fingerprint density at radius 1 is 1.30 bits per heavy atom. The summed E-state index contributed by atoms with van der Waals surface area (Å²) in [6.45, 7) is 1.38. The van der Waals surface area contributed by atoms with Crippen LogP contribution in [0.5, 0.6) is 11.5 Å². The molecule has 0 bridgehead atoms. The van der Waals surface area contributed by atoms with Crippen molar-refractivity contribution in [3.63, 3.8) is 0 Å². The fourth-order valence-corrected chi connectivity index (χ4v) is 3.30. The third-order valence-electron chi connectivity index (χ3n) is 4.11. The van der Waals surface area contributed by atoms with Crippen molar-refractivity contribution in [2.24, 2.45) is 5.10 Å². The number of aromatic nitrogens is 2. The van der Waals surface area contributed by atoms with E-state index in [4.69, 9.17) is 21.1 Å². The number of hydrogen-bond acceptors (Lipinski definition) is 7. The van der Waals surface area contributed by atoms with Crippen LogP contribution in [0.15, 0.2) is 44.7 Å². The van der Waals surface area contributed by atoms with Gasteiger partial charge >= 0.3 is 5.97 Å². The minimum Gasteiger partial charge on any atom is -0.493 e. The van der Waals surface area contributed by atoms with Gasteiger partial charge in [0.1, 0.15) is 5.82 Å². The fraction of sp³-hybridized carbons (Fsp3) is 0.200. The van der Waals surface area contributed by atoms with Gasteiger partial charge < -0.3 is 14.2 Å². The molecule has 0 spiro atoms. The zero-order chi connectivity index (χ0) is 21.8. The van der Waals surface area contributed by atoms with Gasteiger partial charge in [-0.05, 0) is 42.8 Å². The third kappa shape index (κ3) is 4.63. The fourth-order valence-electron chi connectivity index (χ4n) is 2.66. The summed E-state index contributed by atoms with van der Waals surface area (Å²) >= 11 is 9.63. The van der Waals surface area contributed by atoms with Crippen LogP contribution >= 0.6 is 27.5 Å². The summed E-state index contributed by atoms with van der Waals surface area (Å²) in [7, 11) is 2.70. The molecule has 0 aliphatic carbocycles. The number of aryl methyl sites for hydroxylation is 1. The highest BCUT2D eigenvalue weighted by Crippen LogP contribution is 2.36. The van der Waals surface area contributed by atoms with Gasteiger partial charge in [0.05, 0.1) is 36.4 Å². The van der Waals surface area contributed by atoms with Gasteiger partial charge in [0.2, 0.25) is 0 Å². The Morgan fingerprint density at radius 2 is 2.07 bits per heavy atom. The van der Waals surface area contributed by atoms with Gasteiger partial charge in [-0.1, -0.05) is 27.5 Å². The monoisotopic (exact) mass is 493 g/mol. The lowest BCUT2D eigenvalue weighted by Gasteiger charge is -2.12. The minimum absolute atomic E-state index is 0.201. The second kappa shape index (κ2) is 9.27. The Labute approximate surface area is 185 Å². The molecular formula is C20H17BrClN3O5. The first-order chi connectivity index (χ1) is 14.3. The molecule has 0 unspecified atom stereocenters. The number of fused-ring (bicyclic) bond motifs is 1. The lowest BCUT2D eigenvalue weighted by molar-refractivity contribution is -0.142. The lowest BCUT2D eigenvalue weighted by atomic mass is 10.2. The van der Waals surface area contributed by atoms with E-state index in [1.165, 1.54) is 25.1 Å². The van der Waals surface area contributed by atoms with E-state index >= 15 is 0 Å². The summed E-state index contributed by atoms with van der Waals surface area (Å²) in [5.41, 5.74) is 0.845. The molecule has 10 heteroatoms. The van der Waals surface area contributed by atoms with Crippen molar-refractivity contribution in [1.82, 2.24) is 9.66 Å². The normalized spacial score (nSPS) is 11.1. The lowest BCUT2D eigenvalue weighted by Crippen LogP contribution is -2.20. The van der Waals surface area contributed by atoms with Gasteiger partial charge in [-0.25, -0.2) is 9.78 Å². The predicted octanol–water partition coefficient (Wildman–Crippen LogP) is 3.56. The molecule has 3 aromatic rings. The highest BCUT2D eigenvalue weighted by Gasteiger charge is 2.14. The molecule has 3 rings (SSSR count). The average molecular weight is 495 g/mol. The summed E-state index contributed by atoms with van der Waals surface area (Å²) in [5.74, 6) is 0.385. The molecule has 0 radical (unpaired) electrons. The number of esters is 1. The summed E-state index contributed by atoms with van der Waals surface area (Å²) in [6.07, 6.45) is 1.46. The standard InChI is InChI=1S/C20H17BrClN3O5/c1-11-24-16-5-4-13(21)8-14(16)20(27)25(11)23-9-12-6-15(22)19(17(7-12)28-2)30-10-18(26)29-3/h4-9H,10H2,1-3H3. The van der Waals surface area contributed by atoms with Crippen LogP contribution in [0.1, 0.15) is 11.4 Å². The predicted molar refractivity (Wildman–Crippen MR) is 117 cm³/mol. The number of benzene rings is 2. The quantitative estimate of drug-likeness (QED) is 0.384. The zero-order valence-corrected chi connectivity index (χ0v) is 18.7. The second-order valence-electron chi connectivity index (χ2n) is 6.08. The molecule has 0 amide bonds. The maximum absolute atomic E-state index is 12.8. The van der Waals surface area contributed by atoms with Gasteiger partial charge in [0.15, 0.2) is 18.1 Å². The Balaban J connectivity index is 1.97. The topological polar surface area (TPSA) is 92.0 Å². The largest absolute Gasteiger partial charge is 0.493 e. The summed E-state index contributed by atoms with van der Waals surface area (Å²) in [4.78, 5) is 28.5. The highest BCUT2D eigenvalue weighted by atomic mass is 79.9. The molecule has 0 atom stereocenters. The molecule has 8 nitrogen and oxygen atoms in total. The first-order valence-corrected chi connectivity index (χ1v) is 9.81. The SMILES string of the molecule is COC(=O)COc1c(Cl)cc(C=Nn2c(C)nc3ccc(Br)cc3c2=O)cc1OC. The maximum Gasteiger partial charge on any atom is 0.343 e. The van der Waals surface area contributed by atoms with Crippen molar-refractivity contribution in [3.8, 4) is 11.5 Å². The molecule has 30 heavy (non-hydrogen) atoms. The van der Waals surface area contributed by atoms with E-state index in [0.717, 1.165) is 4.47 Å². The Morgan fingerprint density at radius 3 is 2.77 bits per heavy atom. The van der Waals surface area contributed by atoms with E-state index < -0.39 is 5.97 Å². The summed E-state index contributed by atoms with van der Waals surface area (Å²) < 4.78 is 17.2. The van der Waals surface area contributed by atoms with E-state index in [1.807, 2.05) is 6.07 Å². The Kier molecular flexibility index (Phi) is 6.73. The summed E-state index contributed by atoms with van der Waals surface area (Å²) in [6, 6.07) is 8.47. The summed E-state index contributed by atoms with van der Waals surface area (Å²) in [5, 5.41) is 4.91. The van der Waals surface area contributed by atoms with Crippen molar-refractivity contribution in [1.29, 1.82) is 0 Å². The molecule has 2 aromatic carbocycles. The van der Waals surface area contributed by atoms with Crippen LogP contribution in [-0.4, -0.2) is 42.7 Å². The average Bonchev–Trinajstić information content (AvgIpc) is 2.72. The molecule has 1 heterocycles. The van der Waals surface area contributed by atoms with Crippen molar-refractivity contribution >= 4 is 50.6 Å². The number of rotatable bonds is 6. The first-order valence-electron chi connectivity index (χ1n) is 8.64. The minimum atomic E-state index is -0.552. The van der Waals surface area contributed by atoms with Crippen molar-refractivity contribution in [2.75, 3.05) is 20.8 Å². The highest BCUT2D eigenvalue weighted by molar-refractivity contribution is 9.10. The van der Waals surface area contributed by atoms with Crippen molar-refractivity contribution in [3.05, 3.63) is 61.6 Å². The molecular weight excluding hydrogens is 478 g/mol. The zero-order valence-electron chi connectivity index (χ0n) is 16.3. The van der Waals surface area contributed by atoms with Crippen LogP contribution in [0.3, 0.4) is 0 Å². The molecule has 0 fully saturated rings. The van der Waals surface area contributed by atoms with Crippen molar-refractivity contribution < 1.29 is 19.0 Å². The van der Waals surface area contributed by atoms with Crippen LogP contribution in [0.4, 0.5) is 0 Å². The van der Waals surface area contributed by atoms with Crippen LogP contribution in [0.25, 0.3) is 10.9 Å². The number of carbonyl (C=O) groups is 1. The number of halogens is 2. The van der Waals surface area contributed by atoms with Gasteiger partial charge in [0.25, 0.3) is 5.56 Å². The molecule has 0 aliphatic heterocycles. The molecule has 0 aliphatic rings. The van der Waals surface area contributed by atoms with Gasteiger partial charge in [-0.3, -0.25) is 4.79 Å². The van der Waals surface area contributed by atoms with Crippen molar-refractivity contribution in [2.45, 2.75) is 6.92 Å². The number of hydrogen-bond donors (Lipinski definition) is 0. The number of nitrogens with zero attached hydrogens (tertiary/aromatic N) is 3. The maximum atomic E-state index is 12.8. The Bertz CT molecular complexity index is 1210. The molecule has 1 aromatic heterocycles. The number of methoxy groups -OCH3 is 2. The van der Waals surface area contributed by atoms with E-state index in [9.17, 15) is 9.59 Å². The van der Waals surface area contributed by atoms with Crippen LogP contribution < -0.4 is 15.0 Å². The molecule has 0 saturated heterocycles. The van der Waals surface area contributed by atoms with E-state index in [1.54, 1.807) is 31.2 Å². The third-order valence-corrected chi connectivity index (χ3v) is 4.88. The van der Waals surface area contributed by atoms with E-state index in [0.29, 0.717) is 28.0 Å². The smallest absolute Gasteiger partial charge is 0.343 e. The van der Waals surface area contributed by atoms with Gasteiger partial charge in [0, 0.05) is 4.47 Å². The van der Waals surface area contributed by atoms with Gasteiger partial charge in [-0.15, -0.1) is 0 Å². The van der Waals surface area contributed by atoms with E-state index in [2.05, 4.69) is 30.8 Å². The number of carbonyl (C=O) groups excluding carboxylic acids is 1. The van der Waals surface area contributed by atoms with Crippen LogP contribution in [0, 0.1) is 6.92 Å². The van der Waals surface area contributed by atoms with Crippen LogP contribution in [-0.2, 0) is 9.53 Å². The second-order valence-corrected chi connectivity index (χ2v) is 7.40. The molecule has 0 N–H and O–H groups in total. The Hall–Kier alpha value is -2.91. The van der Waals surface area contributed by atoms with E-state index in [-0.39, 0.29) is 22.9 Å². The van der Waals surface area contributed by atoms with Crippen LogP contribution in [0.2, 0.25) is 5.02 Å². The van der Waals surface area contributed by atoms with Gasteiger partial charge in [-0.2, -0.15) is 9.78 Å². The molecule has 156 valence electrons. The number of ether oxygens (including phenoxy) is 3.